The third-order valence-corrected chi connectivity index (χ3v) is 2.44. The van der Waals surface area contributed by atoms with Crippen molar-refractivity contribution in [3.05, 3.63) is 36.3 Å². The quantitative estimate of drug-likeness (QED) is 0.772. The minimum absolute atomic E-state index is 0.332. The molecule has 0 unspecified atom stereocenters. The van der Waals surface area contributed by atoms with Gasteiger partial charge in [-0.2, -0.15) is 5.10 Å². The summed E-state index contributed by atoms with van der Waals surface area (Å²) in [7, 11) is 1.33. The Morgan fingerprint density at radius 3 is 3.05 bits per heavy atom. The molecule has 0 aromatic carbocycles. The highest BCUT2D eigenvalue weighted by atomic mass is 16.5. The van der Waals surface area contributed by atoms with Crippen LogP contribution in [-0.4, -0.2) is 27.8 Å². The number of aromatic nitrogens is 3. The van der Waals surface area contributed by atoms with Gasteiger partial charge in [0.15, 0.2) is 5.75 Å². The maximum absolute atomic E-state index is 11.4. The summed E-state index contributed by atoms with van der Waals surface area (Å²) in [6, 6.07) is 3.10. The average Bonchev–Trinajstić information content (AvgIpc) is 2.86. The number of aryl methyl sites for hydroxylation is 1. The summed E-state index contributed by atoms with van der Waals surface area (Å²) in [4.78, 5) is 15.4. The Kier molecular flexibility index (Phi) is 4.12. The van der Waals surface area contributed by atoms with Crippen molar-refractivity contribution < 1.29 is 14.3 Å². The highest BCUT2D eigenvalue weighted by molar-refractivity contribution is 5.89. The molecular formula is C13H15N3O3. The molecule has 2 heterocycles. The van der Waals surface area contributed by atoms with E-state index < -0.39 is 5.97 Å². The summed E-state index contributed by atoms with van der Waals surface area (Å²) in [5.74, 6) is 0.496. The van der Waals surface area contributed by atoms with Crippen LogP contribution in [0, 0.1) is 0 Å². The molecule has 0 radical (unpaired) electrons. The van der Waals surface area contributed by atoms with Gasteiger partial charge in [0.25, 0.3) is 0 Å². The molecule has 0 amide bonds. The Morgan fingerprint density at radius 1 is 1.47 bits per heavy atom. The molecule has 6 nitrogen and oxygen atoms in total. The molecular weight excluding hydrogens is 246 g/mol. The maximum atomic E-state index is 11.4. The van der Waals surface area contributed by atoms with Gasteiger partial charge in [-0.05, 0) is 12.5 Å². The van der Waals surface area contributed by atoms with Crippen LogP contribution in [0.3, 0.4) is 0 Å². The van der Waals surface area contributed by atoms with Gasteiger partial charge >= 0.3 is 5.97 Å². The van der Waals surface area contributed by atoms with E-state index in [-0.39, 0.29) is 0 Å². The molecule has 0 spiro atoms. The molecule has 0 saturated carbocycles. The smallest absolute Gasteiger partial charge is 0.338 e. The van der Waals surface area contributed by atoms with Crippen LogP contribution in [-0.2, 0) is 11.3 Å². The lowest BCUT2D eigenvalue weighted by Gasteiger charge is -2.03. The molecule has 2 rings (SSSR count). The van der Waals surface area contributed by atoms with Crippen molar-refractivity contribution >= 4 is 5.97 Å². The lowest BCUT2D eigenvalue weighted by molar-refractivity contribution is 0.0600. The van der Waals surface area contributed by atoms with Gasteiger partial charge in [0, 0.05) is 18.8 Å². The van der Waals surface area contributed by atoms with E-state index in [0.717, 1.165) is 13.0 Å². The van der Waals surface area contributed by atoms with Crippen LogP contribution < -0.4 is 4.74 Å². The number of hydrogen-bond acceptors (Lipinski definition) is 5. The molecule has 2 aromatic heterocycles. The molecule has 0 bridgehead atoms. The summed E-state index contributed by atoms with van der Waals surface area (Å²) in [6.45, 7) is 2.91. The van der Waals surface area contributed by atoms with E-state index in [1.54, 1.807) is 23.1 Å². The van der Waals surface area contributed by atoms with Gasteiger partial charge in [-0.3, -0.25) is 4.68 Å². The largest absolute Gasteiger partial charge is 0.465 e. The highest BCUT2D eigenvalue weighted by Gasteiger charge is 2.08. The van der Waals surface area contributed by atoms with Crippen LogP contribution in [0.15, 0.2) is 30.7 Å². The average molecular weight is 261 g/mol. The first-order valence-corrected chi connectivity index (χ1v) is 5.97. The predicted octanol–water partition coefficient (Wildman–Crippen LogP) is 2.27. The van der Waals surface area contributed by atoms with E-state index in [9.17, 15) is 4.79 Å². The SMILES string of the molecule is CCCn1cc(Oc2cc(C(=O)OC)ccn2)cn1. The molecule has 2 aromatic rings. The monoisotopic (exact) mass is 261 g/mol. The van der Waals surface area contributed by atoms with Gasteiger partial charge in [-0.1, -0.05) is 6.92 Å². The molecule has 0 fully saturated rings. The van der Waals surface area contributed by atoms with Crippen LogP contribution in [0.2, 0.25) is 0 Å². The minimum atomic E-state index is -0.422. The van der Waals surface area contributed by atoms with Crippen molar-refractivity contribution in [2.24, 2.45) is 0 Å². The van der Waals surface area contributed by atoms with Gasteiger partial charge in [0.1, 0.15) is 0 Å². The van der Waals surface area contributed by atoms with E-state index in [4.69, 9.17) is 4.74 Å². The second-order valence-corrected chi connectivity index (χ2v) is 3.92. The van der Waals surface area contributed by atoms with Crippen molar-refractivity contribution in [1.82, 2.24) is 14.8 Å². The molecule has 6 heteroatoms. The number of nitrogens with zero attached hydrogens (tertiary/aromatic N) is 3. The Balaban J connectivity index is 2.11. The summed E-state index contributed by atoms with van der Waals surface area (Å²) >= 11 is 0. The Bertz CT molecular complexity index is 566. The van der Waals surface area contributed by atoms with E-state index in [2.05, 4.69) is 21.7 Å². The van der Waals surface area contributed by atoms with Crippen molar-refractivity contribution in [3.8, 4) is 11.6 Å². The Hall–Kier alpha value is -2.37. The number of ether oxygens (including phenoxy) is 2. The first kappa shape index (κ1) is 13.1. The molecule has 19 heavy (non-hydrogen) atoms. The number of methoxy groups -OCH3 is 1. The molecule has 0 aliphatic heterocycles. The minimum Gasteiger partial charge on any atom is -0.465 e. The zero-order valence-corrected chi connectivity index (χ0v) is 10.9. The third-order valence-electron chi connectivity index (χ3n) is 2.44. The zero-order chi connectivity index (χ0) is 13.7. The van der Waals surface area contributed by atoms with E-state index in [1.807, 2.05) is 0 Å². The fraction of sp³-hybridized carbons (Fsp3) is 0.308. The summed E-state index contributed by atoms with van der Waals surface area (Å²) in [5, 5.41) is 4.15. The molecule has 0 N–H and O–H groups in total. The molecule has 0 aliphatic carbocycles. The highest BCUT2D eigenvalue weighted by Crippen LogP contribution is 2.19. The first-order valence-electron chi connectivity index (χ1n) is 5.97. The lowest BCUT2D eigenvalue weighted by Crippen LogP contribution is -2.01. The van der Waals surface area contributed by atoms with Gasteiger partial charge in [-0.15, -0.1) is 0 Å². The number of esters is 1. The summed E-state index contributed by atoms with van der Waals surface area (Å²) in [5.41, 5.74) is 0.397. The Morgan fingerprint density at radius 2 is 2.32 bits per heavy atom. The second-order valence-electron chi connectivity index (χ2n) is 3.92. The topological polar surface area (TPSA) is 66.2 Å². The number of pyridine rings is 1. The number of carbonyl (C=O) groups is 1. The van der Waals surface area contributed by atoms with Crippen LogP contribution >= 0.6 is 0 Å². The van der Waals surface area contributed by atoms with Crippen LogP contribution in [0.25, 0.3) is 0 Å². The van der Waals surface area contributed by atoms with Crippen molar-refractivity contribution in [2.45, 2.75) is 19.9 Å². The van der Waals surface area contributed by atoms with Gasteiger partial charge in [0.2, 0.25) is 5.88 Å². The summed E-state index contributed by atoms with van der Waals surface area (Å²) in [6.07, 6.45) is 5.90. The van der Waals surface area contributed by atoms with Crippen LogP contribution in [0.5, 0.6) is 11.6 Å². The molecule has 0 atom stereocenters. The standard InChI is InChI=1S/C13H15N3O3/c1-3-6-16-9-11(8-15-16)19-12-7-10(4-5-14-12)13(17)18-2/h4-5,7-9H,3,6H2,1-2H3. The summed E-state index contributed by atoms with van der Waals surface area (Å²) < 4.78 is 12.0. The second kappa shape index (κ2) is 5.99. The fourth-order valence-corrected chi connectivity index (χ4v) is 1.58. The van der Waals surface area contributed by atoms with Crippen molar-refractivity contribution in [1.29, 1.82) is 0 Å². The van der Waals surface area contributed by atoms with E-state index in [1.165, 1.54) is 19.4 Å². The lowest BCUT2D eigenvalue weighted by atomic mass is 10.3. The molecule has 100 valence electrons. The van der Waals surface area contributed by atoms with Crippen molar-refractivity contribution in [2.75, 3.05) is 7.11 Å². The van der Waals surface area contributed by atoms with Gasteiger partial charge in [-0.25, -0.2) is 9.78 Å². The van der Waals surface area contributed by atoms with Crippen LogP contribution in [0.1, 0.15) is 23.7 Å². The fourth-order valence-electron chi connectivity index (χ4n) is 1.58. The van der Waals surface area contributed by atoms with Gasteiger partial charge < -0.3 is 9.47 Å². The number of rotatable bonds is 5. The zero-order valence-electron chi connectivity index (χ0n) is 10.9. The maximum Gasteiger partial charge on any atom is 0.338 e. The first-order chi connectivity index (χ1) is 9.22. The Labute approximate surface area is 111 Å². The van der Waals surface area contributed by atoms with E-state index in [0.29, 0.717) is 17.2 Å². The number of carbonyl (C=O) groups excluding carboxylic acids is 1. The normalized spacial score (nSPS) is 10.2. The van der Waals surface area contributed by atoms with Crippen molar-refractivity contribution in [3.63, 3.8) is 0 Å². The van der Waals surface area contributed by atoms with Gasteiger partial charge in [0.05, 0.1) is 25.1 Å². The third kappa shape index (κ3) is 3.31. The van der Waals surface area contributed by atoms with Crippen LogP contribution in [0.4, 0.5) is 0 Å². The molecule has 0 saturated heterocycles. The van der Waals surface area contributed by atoms with E-state index >= 15 is 0 Å². The predicted molar refractivity (Wildman–Crippen MR) is 68.2 cm³/mol. The molecule has 0 aliphatic rings. The number of hydrogen-bond donors (Lipinski definition) is 0.